The quantitative estimate of drug-likeness (QED) is 0.522. The molecule has 0 aliphatic heterocycles. The second-order valence-electron chi connectivity index (χ2n) is 6.70. The molecule has 0 saturated heterocycles. The van der Waals surface area contributed by atoms with Crippen molar-refractivity contribution in [1.29, 1.82) is 0 Å². The van der Waals surface area contributed by atoms with E-state index in [1.807, 2.05) is 48.5 Å². The first-order valence-corrected chi connectivity index (χ1v) is 9.60. The van der Waals surface area contributed by atoms with E-state index in [4.69, 9.17) is 9.47 Å². The molecule has 2 aromatic heterocycles. The molecular weight excluding hydrogens is 380 g/mol. The molecule has 7 heteroatoms. The van der Waals surface area contributed by atoms with Crippen LogP contribution in [0.3, 0.4) is 0 Å². The molecule has 0 bridgehead atoms. The standard InChI is InChI=1S/C23H22N4O3/c1-4-15-5-8-17(9-6-15)25-23(28)18-14-22-24-12-11-19(27(22)26-18)16-7-10-20(29-2)21(13-16)30-3/h5-14H,4H2,1-3H3,(H,25,28). The van der Waals surface area contributed by atoms with Gasteiger partial charge in [-0.25, -0.2) is 9.50 Å². The van der Waals surface area contributed by atoms with Crippen molar-refractivity contribution in [2.75, 3.05) is 19.5 Å². The Hall–Kier alpha value is -3.87. The number of ether oxygens (including phenoxy) is 2. The van der Waals surface area contributed by atoms with Crippen LogP contribution in [-0.2, 0) is 6.42 Å². The van der Waals surface area contributed by atoms with Crippen LogP contribution in [0.25, 0.3) is 16.9 Å². The lowest BCUT2D eigenvalue weighted by Gasteiger charge is -2.10. The number of amides is 1. The fourth-order valence-corrected chi connectivity index (χ4v) is 3.24. The Morgan fingerprint density at radius 3 is 2.47 bits per heavy atom. The average Bonchev–Trinajstić information content (AvgIpc) is 3.24. The molecule has 0 fully saturated rings. The van der Waals surface area contributed by atoms with Crippen molar-refractivity contribution in [3.63, 3.8) is 0 Å². The van der Waals surface area contributed by atoms with Crippen molar-refractivity contribution >= 4 is 17.2 Å². The molecule has 0 unspecified atom stereocenters. The highest BCUT2D eigenvalue weighted by Gasteiger charge is 2.15. The SMILES string of the molecule is CCc1ccc(NC(=O)c2cc3nccc(-c4ccc(OC)c(OC)c4)n3n2)cc1. The van der Waals surface area contributed by atoms with E-state index in [9.17, 15) is 4.79 Å². The zero-order valence-electron chi connectivity index (χ0n) is 17.0. The van der Waals surface area contributed by atoms with E-state index in [0.717, 1.165) is 23.4 Å². The molecule has 4 aromatic rings. The van der Waals surface area contributed by atoms with Crippen molar-refractivity contribution in [2.24, 2.45) is 0 Å². The van der Waals surface area contributed by atoms with Gasteiger partial charge in [0, 0.05) is 23.5 Å². The third-order valence-electron chi connectivity index (χ3n) is 4.89. The Morgan fingerprint density at radius 2 is 1.77 bits per heavy atom. The van der Waals surface area contributed by atoms with Gasteiger partial charge in [-0.15, -0.1) is 0 Å². The van der Waals surface area contributed by atoms with Crippen molar-refractivity contribution in [2.45, 2.75) is 13.3 Å². The molecule has 0 aliphatic carbocycles. The van der Waals surface area contributed by atoms with Gasteiger partial charge in [0.25, 0.3) is 5.91 Å². The second-order valence-corrected chi connectivity index (χ2v) is 6.70. The van der Waals surface area contributed by atoms with Gasteiger partial charge in [0.15, 0.2) is 22.8 Å². The van der Waals surface area contributed by atoms with Gasteiger partial charge in [-0.05, 0) is 48.4 Å². The summed E-state index contributed by atoms with van der Waals surface area (Å²) in [5.41, 5.74) is 4.45. The Bertz CT molecular complexity index is 1200. The molecule has 7 nitrogen and oxygen atoms in total. The van der Waals surface area contributed by atoms with Gasteiger partial charge in [-0.3, -0.25) is 4.79 Å². The van der Waals surface area contributed by atoms with E-state index in [0.29, 0.717) is 17.1 Å². The minimum Gasteiger partial charge on any atom is -0.493 e. The van der Waals surface area contributed by atoms with E-state index in [1.165, 1.54) is 5.56 Å². The van der Waals surface area contributed by atoms with Crippen LogP contribution in [0.2, 0.25) is 0 Å². The Morgan fingerprint density at radius 1 is 1.00 bits per heavy atom. The van der Waals surface area contributed by atoms with E-state index in [2.05, 4.69) is 22.3 Å². The van der Waals surface area contributed by atoms with Gasteiger partial charge < -0.3 is 14.8 Å². The summed E-state index contributed by atoms with van der Waals surface area (Å²) in [6.45, 7) is 2.09. The molecule has 0 radical (unpaired) electrons. The molecule has 2 aromatic carbocycles. The van der Waals surface area contributed by atoms with E-state index in [-0.39, 0.29) is 11.6 Å². The number of hydrogen-bond acceptors (Lipinski definition) is 5. The first-order valence-electron chi connectivity index (χ1n) is 9.60. The minimum atomic E-state index is -0.289. The number of hydrogen-bond donors (Lipinski definition) is 1. The maximum atomic E-state index is 12.7. The zero-order chi connectivity index (χ0) is 21.1. The third kappa shape index (κ3) is 3.69. The van der Waals surface area contributed by atoms with Gasteiger partial charge in [0.1, 0.15) is 0 Å². The second kappa shape index (κ2) is 8.24. The highest BCUT2D eigenvalue weighted by Crippen LogP contribution is 2.32. The summed E-state index contributed by atoms with van der Waals surface area (Å²) in [5.74, 6) is 0.963. The van der Waals surface area contributed by atoms with Crippen LogP contribution in [-0.4, -0.2) is 34.7 Å². The van der Waals surface area contributed by atoms with Crippen LogP contribution in [0.4, 0.5) is 5.69 Å². The fraction of sp³-hybridized carbons (Fsp3) is 0.174. The predicted octanol–water partition coefficient (Wildman–Crippen LogP) is 4.23. The number of benzene rings is 2. The van der Waals surface area contributed by atoms with Crippen LogP contribution in [0.1, 0.15) is 23.0 Å². The molecule has 152 valence electrons. The lowest BCUT2D eigenvalue weighted by Crippen LogP contribution is -2.12. The summed E-state index contributed by atoms with van der Waals surface area (Å²) in [6.07, 6.45) is 2.64. The fourth-order valence-electron chi connectivity index (χ4n) is 3.24. The van der Waals surface area contributed by atoms with Crippen molar-refractivity contribution < 1.29 is 14.3 Å². The van der Waals surface area contributed by atoms with Crippen LogP contribution >= 0.6 is 0 Å². The van der Waals surface area contributed by atoms with Crippen LogP contribution in [0.15, 0.2) is 60.8 Å². The number of fused-ring (bicyclic) bond motifs is 1. The van der Waals surface area contributed by atoms with Gasteiger partial charge >= 0.3 is 0 Å². The topological polar surface area (TPSA) is 77.8 Å². The third-order valence-corrected chi connectivity index (χ3v) is 4.89. The number of carbonyl (C=O) groups is 1. The molecule has 0 atom stereocenters. The normalized spacial score (nSPS) is 10.8. The lowest BCUT2D eigenvalue weighted by atomic mass is 10.1. The van der Waals surface area contributed by atoms with Gasteiger partial charge in [-0.2, -0.15) is 5.10 Å². The highest BCUT2D eigenvalue weighted by atomic mass is 16.5. The lowest BCUT2D eigenvalue weighted by molar-refractivity contribution is 0.102. The Balaban J connectivity index is 1.67. The molecule has 4 rings (SSSR count). The maximum Gasteiger partial charge on any atom is 0.276 e. The minimum absolute atomic E-state index is 0.287. The molecule has 1 N–H and O–H groups in total. The molecule has 2 heterocycles. The van der Waals surface area contributed by atoms with E-state index < -0.39 is 0 Å². The van der Waals surface area contributed by atoms with Crippen LogP contribution in [0.5, 0.6) is 11.5 Å². The number of aryl methyl sites for hydroxylation is 1. The largest absolute Gasteiger partial charge is 0.493 e. The molecule has 1 amide bonds. The number of carbonyl (C=O) groups excluding carboxylic acids is 1. The average molecular weight is 402 g/mol. The number of anilines is 1. The molecule has 0 spiro atoms. The summed E-state index contributed by atoms with van der Waals surface area (Å²) >= 11 is 0. The number of nitrogens with zero attached hydrogens (tertiary/aromatic N) is 3. The van der Waals surface area contributed by atoms with E-state index >= 15 is 0 Å². The summed E-state index contributed by atoms with van der Waals surface area (Å²) in [5, 5.41) is 7.37. The predicted molar refractivity (Wildman–Crippen MR) is 115 cm³/mol. The summed E-state index contributed by atoms with van der Waals surface area (Å²) in [4.78, 5) is 17.1. The molecule has 0 saturated carbocycles. The van der Waals surface area contributed by atoms with E-state index in [1.54, 1.807) is 31.0 Å². The van der Waals surface area contributed by atoms with Crippen LogP contribution in [0, 0.1) is 0 Å². The van der Waals surface area contributed by atoms with Gasteiger partial charge in [-0.1, -0.05) is 19.1 Å². The Kier molecular flexibility index (Phi) is 5.34. The van der Waals surface area contributed by atoms with Crippen molar-refractivity contribution in [1.82, 2.24) is 14.6 Å². The van der Waals surface area contributed by atoms with Crippen molar-refractivity contribution in [3.8, 4) is 22.8 Å². The zero-order valence-corrected chi connectivity index (χ0v) is 17.0. The molecular formula is C23H22N4O3. The van der Waals surface area contributed by atoms with Gasteiger partial charge in [0.05, 0.1) is 19.9 Å². The number of methoxy groups -OCH3 is 2. The van der Waals surface area contributed by atoms with Gasteiger partial charge in [0.2, 0.25) is 0 Å². The van der Waals surface area contributed by atoms with Crippen molar-refractivity contribution in [3.05, 3.63) is 72.1 Å². The highest BCUT2D eigenvalue weighted by molar-refractivity contribution is 6.03. The first kappa shape index (κ1) is 19.4. The Labute approximate surface area is 174 Å². The number of rotatable bonds is 6. The van der Waals surface area contributed by atoms with Crippen LogP contribution < -0.4 is 14.8 Å². The monoisotopic (exact) mass is 402 g/mol. The summed E-state index contributed by atoms with van der Waals surface area (Å²) < 4.78 is 12.4. The molecule has 30 heavy (non-hydrogen) atoms. The summed E-state index contributed by atoms with van der Waals surface area (Å²) in [7, 11) is 3.18. The first-order chi connectivity index (χ1) is 14.6. The molecule has 0 aliphatic rings. The smallest absolute Gasteiger partial charge is 0.276 e. The number of aromatic nitrogens is 3. The summed E-state index contributed by atoms with van der Waals surface area (Å²) in [6, 6.07) is 16.9. The maximum absolute atomic E-state index is 12.7. The number of nitrogens with one attached hydrogen (secondary N) is 1.